The number of ether oxygens (including phenoxy) is 2. The summed E-state index contributed by atoms with van der Waals surface area (Å²) < 4.78 is 11.5. The fourth-order valence-electron chi connectivity index (χ4n) is 4.23. The Kier molecular flexibility index (Phi) is 5.88. The summed E-state index contributed by atoms with van der Waals surface area (Å²) in [5, 5.41) is 0. The molecule has 1 aromatic carbocycles. The Morgan fingerprint density at radius 3 is 2.43 bits per heavy atom. The van der Waals surface area contributed by atoms with Crippen molar-refractivity contribution in [3.8, 4) is 11.5 Å². The molecule has 0 bridgehead atoms. The number of piperazine rings is 1. The highest BCUT2D eigenvalue weighted by Crippen LogP contribution is 2.49. The van der Waals surface area contributed by atoms with Crippen molar-refractivity contribution < 1.29 is 19.1 Å². The van der Waals surface area contributed by atoms with E-state index in [0.717, 1.165) is 5.56 Å². The third-order valence-corrected chi connectivity index (χ3v) is 5.89. The van der Waals surface area contributed by atoms with Gasteiger partial charge >= 0.3 is 0 Å². The van der Waals surface area contributed by atoms with Crippen LogP contribution in [0.2, 0.25) is 0 Å². The lowest BCUT2D eigenvalue weighted by molar-refractivity contribution is -0.159. The van der Waals surface area contributed by atoms with E-state index in [0.29, 0.717) is 24.5 Å². The number of carbonyl (C=O) groups excluding carboxylic acids is 2. The van der Waals surface area contributed by atoms with E-state index in [-0.39, 0.29) is 18.4 Å². The van der Waals surface area contributed by atoms with Gasteiger partial charge in [0.15, 0.2) is 11.5 Å². The Bertz CT molecular complexity index is 922. The van der Waals surface area contributed by atoms with Crippen LogP contribution in [0.1, 0.15) is 31.9 Å². The minimum Gasteiger partial charge on any atom is -0.486 e. The molecule has 0 unspecified atom stereocenters. The van der Waals surface area contributed by atoms with Crippen molar-refractivity contribution in [1.29, 1.82) is 0 Å². The SMILES string of the molecule is [C-]#[N+][C@@]1(C)C[C@H]2C(=O)N(C)[C@H](C)C(=O)N2[C@H]1c1ccc(OCC=C)c(OCC=C)c1. The largest absolute Gasteiger partial charge is 0.486 e. The van der Waals surface area contributed by atoms with Crippen LogP contribution in [0.4, 0.5) is 0 Å². The molecule has 0 aromatic heterocycles. The Labute approximate surface area is 177 Å². The summed E-state index contributed by atoms with van der Waals surface area (Å²) >= 11 is 0. The average molecular weight is 409 g/mol. The number of likely N-dealkylation sites (N-methyl/N-ethyl adjacent to an activating group) is 1. The number of rotatable bonds is 7. The van der Waals surface area contributed by atoms with Gasteiger partial charge < -0.3 is 24.1 Å². The summed E-state index contributed by atoms with van der Waals surface area (Å²) in [7, 11) is 1.64. The average Bonchev–Trinajstić information content (AvgIpc) is 3.07. The zero-order chi connectivity index (χ0) is 22.1. The highest BCUT2D eigenvalue weighted by molar-refractivity contribution is 5.98. The molecule has 1 aromatic rings. The van der Waals surface area contributed by atoms with Gasteiger partial charge in [-0.2, -0.15) is 0 Å². The maximum absolute atomic E-state index is 13.2. The quantitative estimate of drug-likeness (QED) is 0.513. The number of benzene rings is 1. The Morgan fingerprint density at radius 2 is 1.83 bits per heavy atom. The molecule has 0 N–H and O–H groups in total. The third-order valence-electron chi connectivity index (χ3n) is 5.89. The van der Waals surface area contributed by atoms with Gasteiger partial charge in [-0.25, -0.2) is 6.57 Å². The number of nitrogens with zero attached hydrogens (tertiary/aromatic N) is 3. The van der Waals surface area contributed by atoms with Crippen LogP contribution in [0, 0.1) is 6.57 Å². The molecule has 0 aliphatic carbocycles. The van der Waals surface area contributed by atoms with Crippen molar-refractivity contribution in [3.05, 3.63) is 60.5 Å². The normalized spacial score (nSPS) is 28.0. The molecule has 0 radical (unpaired) electrons. The number of amides is 2. The van der Waals surface area contributed by atoms with Gasteiger partial charge in [0.25, 0.3) is 5.54 Å². The molecule has 0 spiro atoms. The zero-order valence-electron chi connectivity index (χ0n) is 17.6. The van der Waals surface area contributed by atoms with E-state index in [2.05, 4.69) is 18.0 Å². The second-order valence-corrected chi connectivity index (χ2v) is 7.87. The Hall–Kier alpha value is -3.27. The van der Waals surface area contributed by atoms with Gasteiger partial charge in [0.1, 0.15) is 31.3 Å². The van der Waals surface area contributed by atoms with Crippen molar-refractivity contribution >= 4 is 11.8 Å². The van der Waals surface area contributed by atoms with Crippen LogP contribution in [0.25, 0.3) is 4.85 Å². The predicted molar refractivity (Wildman–Crippen MR) is 113 cm³/mol. The Morgan fingerprint density at radius 1 is 1.20 bits per heavy atom. The molecule has 2 saturated heterocycles. The lowest BCUT2D eigenvalue weighted by atomic mass is 9.87. The first kappa shape index (κ1) is 21.4. The van der Waals surface area contributed by atoms with Crippen LogP contribution >= 0.6 is 0 Å². The van der Waals surface area contributed by atoms with Crippen LogP contribution in [-0.4, -0.2) is 59.5 Å². The van der Waals surface area contributed by atoms with E-state index < -0.39 is 23.7 Å². The van der Waals surface area contributed by atoms with Crippen molar-refractivity contribution in [3.63, 3.8) is 0 Å². The molecule has 3 rings (SSSR count). The van der Waals surface area contributed by atoms with E-state index in [4.69, 9.17) is 16.0 Å². The number of hydrogen-bond acceptors (Lipinski definition) is 4. The molecular formula is C23H27N3O4. The molecule has 7 nitrogen and oxygen atoms in total. The summed E-state index contributed by atoms with van der Waals surface area (Å²) in [6.07, 6.45) is 3.56. The van der Waals surface area contributed by atoms with Crippen LogP contribution < -0.4 is 9.47 Å². The standard InChI is InChI=1S/C23H27N3O4/c1-7-11-29-18-10-9-16(13-19(18)30-12-8-2)20-23(4,24-5)14-17-22(28)25(6)15(3)21(27)26(17)20/h7-10,13,15,17,20H,1-2,11-12,14H2,3-4,6H3/t15-,17+,20+,23+/m1/s1. The molecule has 2 fully saturated rings. The predicted octanol–water partition coefficient (Wildman–Crippen LogP) is 3.00. The first-order chi connectivity index (χ1) is 14.3. The highest BCUT2D eigenvalue weighted by Gasteiger charge is 2.62. The maximum Gasteiger partial charge on any atom is 0.256 e. The van der Waals surface area contributed by atoms with Gasteiger partial charge in [0.05, 0.1) is 6.42 Å². The van der Waals surface area contributed by atoms with Crippen LogP contribution in [-0.2, 0) is 9.59 Å². The summed E-state index contributed by atoms with van der Waals surface area (Å²) in [5.41, 5.74) is -0.195. The van der Waals surface area contributed by atoms with Gasteiger partial charge in [-0.15, -0.1) is 0 Å². The van der Waals surface area contributed by atoms with Crippen LogP contribution in [0.5, 0.6) is 11.5 Å². The van der Waals surface area contributed by atoms with Gasteiger partial charge in [-0.1, -0.05) is 31.4 Å². The molecule has 2 amide bonds. The minimum absolute atomic E-state index is 0.131. The minimum atomic E-state index is -0.930. The highest BCUT2D eigenvalue weighted by atomic mass is 16.5. The fraction of sp³-hybridized carbons (Fsp3) is 0.435. The van der Waals surface area contributed by atoms with E-state index in [1.807, 2.05) is 6.07 Å². The molecule has 158 valence electrons. The van der Waals surface area contributed by atoms with E-state index in [1.165, 1.54) is 4.90 Å². The Balaban J connectivity index is 2.08. The smallest absolute Gasteiger partial charge is 0.256 e. The van der Waals surface area contributed by atoms with E-state index in [9.17, 15) is 9.59 Å². The number of hydrogen-bond donors (Lipinski definition) is 0. The molecule has 4 atom stereocenters. The van der Waals surface area contributed by atoms with Gasteiger partial charge in [-0.3, -0.25) is 9.59 Å². The second-order valence-electron chi connectivity index (χ2n) is 7.87. The maximum atomic E-state index is 13.2. The molecule has 7 heteroatoms. The topological polar surface area (TPSA) is 63.4 Å². The van der Waals surface area contributed by atoms with E-state index >= 15 is 0 Å². The monoisotopic (exact) mass is 409 g/mol. The lowest BCUT2D eigenvalue weighted by Gasteiger charge is -2.41. The van der Waals surface area contributed by atoms with Crippen molar-refractivity contribution in [1.82, 2.24) is 9.80 Å². The first-order valence-electron chi connectivity index (χ1n) is 9.87. The summed E-state index contributed by atoms with van der Waals surface area (Å²) in [4.78, 5) is 33.0. The molecule has 2 aliphatic heterocycles. The van der Waals surface area contributed by atoms with Crippen LogP contribution in [0.15, 0.2) is 43.5 Å². The molecule has 2 aliphatic rings. The second kappa shape index (κ2) is 8.23. The number of carbonyl (C=O) groups is 2. The summed E-state index contributed by atoms with van der Waals surface area (Å²) in [6, 6.07) is 3.61. The molecule has 2 heterocycles. The van der Waals surface area contributed by atoms with Gasteiger partial charge in [0, 0.05) is 14.0 Å². The van der Waals surface area contributed by atoms with Gasteiger partial charge in [0.2, 0.25) is 11.8 Å². The zero-order valence-corrected chi connectivity index (χ0v) is 17.6. The third kappa shape index (κ3) is 3.43. The van der Waals surface area contributed by atoms with Crippen molar-refractivity contribution in [2.45, 2.75) is 43.9 Å². The van der Waals surface area contributed by atoms with Crippen molar-refractivity contribution in [2.75, 3.05) is 20.3 Å². The summed E-state index contributed by atoms with van der Waals surface area (Å²) in [6.45, 7) is 19.3. The van der Waals surface area contributed by atoms with Gasteiger partial charge in [-0.05, 0) is 24.6 Å². The summed E-state index contributed by atoms with van der Waals surface area (Å²) in [5.74, 6) is 0.744. The van der Waals surface area contributed by atoms with E-state index in [1.54, 1.807) is 50.1 Å². The molecule has 30 heavy (non-hydrogen) atoms. The van der Waals surface area contributed by atoms with Crippen molar-refractivity contribution in [2.24, 2.45) is 0 Å². The molecule has 0 saturated carbocycles. The number of fused-ring (bicyclic) bond motifs is 1. The fourth-order valence-corrected chi connectivity index (χ4v) is 4.23. The first-order valence-corrected chi connectivity index (χ1v) is 9.87. The molecular weight excluding hydrogens is 382 g/mol. The van der Waals surface area contributed by atoms with Crippen LogP contribution in [0.3, 0.4) is 0 Å². The lowest BCUT2D eigenvalue weighted by Crippen LogP contribution is -2.60.